The number of aromatic nitrogens is 4. The van der Waals surface area contributed by atoms with Crippen molar-refractivity contribution >= 4 is 17.5 Å². The number of hydrogen-bond donors (Lipinski definition) is 2. The van der Waals surface area contributed by atoms with Gasteiger partial charge >= 0.3 is 0 Å². The van der Waals surface area contributed by atoms with E-state index in [1.54, 1.807) is 4.68 Å². The van der Waals surface area contributed by atoms with E-state index in [-0.39, 0.29) is 18.8 Å². The van der Waals surface area contributed by atoms with Gasteiger partial charge in [-0.1, -0.05) is 0 Å². The maximum atomic E-state index is 12.2. The van der Waals surface area contributed by atoms with Crippen LogP contribution in [0.1, 0.15) is 12.6 Å². The summed E-state index contributed by atoms with van der Waals surface area (Å²) in [4.78, 5) is 25.1. The minimum Gasteiger partial charge on any atom is -0.395 e. The average Bonchev–Trinajstić information content (AvgIpc) is 3.43. The second-order valence-electron chi connectivity index (χ2n) is 6.88. The zero-order valence-corrected chi connectivity index (χ0v) is 16.7. The van der Waals surface area contributed by atoms with E-state index >= 15 is 0 Å². The van der Waals surface area contributed by atoms with E-state index in [4.69, 9.17) is 5.11 Å². The number of imide groups is 1. The van der Waals surface area contributed by atoms with Gasteiger partial charge in [-0.05, 0) is 44.2 Å². The highest BCUT2D eigenvalue weighted by Crippen LogP contribution is 2.23. The van der Waals surface area contributed by atoms with Crippen molar-refractivity contribution in [2.45, 2.75) is 20.4 Å². The first-order valence-electron chi connectivity index (χ1n) is 9.66. The number of carbonyl (C=O) groups is 2. The number of anilines is 1. The van der Waals surface area contributed by atoms with Gasteiger partial charge in [0, 0.05) is 36.3 Å². The molecule has 2 aromatic heterocycles. The van der Waals surface area contributed by atoms with Gasteiger partial charge in [0.25, 0.3) is 11.8 Å². The fraction of sp³-hybridized carbons (Fsp3) is 0.238. The number of carbonyl (C=O) groups excluding carboxylic acids is 2. The Balaban J connectivity index is 1.49. The van der Waals surface area contributed by atoms with E-state index in [2.05, 4.69) is 15.5 Å². The summed E-state index contributed by atoms with van der Waals surface area (Å²) in [6.07, 6.45) is 5.11. The van der Waals surface area contributed by atoms with Crippen LogP contribution in [0.2, 0.25) is 0 Å². The normalized spacial score (nSPS) is 13.8. The molecule has 0 spiro atoms. The average molecular weight is 406 g/mol. The summed E-state index contributed by atoms with van der Waals surface area (Å²) in [6.45, 7) is 4.53. The fourth-order valence-electron chi connectivity index (χ4n) is 3.31. The van der Waals surface area contributed by atoms with Crippen molar-refractivity contribution < 1.29 is 14.7 Å². The number of rotatable bonds is 7. The lowest BCUT2D eigenvalue weighted by atomic mass is 10.2. The summed E-state index contributed by atoms with van der Waals surface area (Å²) < 4.78 is 3.66. The van der Waals surface area contributed by atoms with Gasteiger partial charge in [0.2, 0.25) is 0 Å². The number of nitrogens with one attached hydrogen (secondary N) is 1. The van der Waals surface area contributed by atoms with Gasteiger partial charge < -0.3 is 10.4 Å². The highest BCUT2D eigenvalue weighted by atomic mass is 16.3. The lowest BCUT2D eigenvalue weighted by Crippen LogP contribution is -2.34. The zero-order chi connectivity index (χ0) is 21.3. The second-order valence-corrected chi connectivity index (χ2v) is 6.88. The molecular formula is C21H22N6O3. The largest absolute Gasteiger partial charge is 0.395 e. The van der Waals surface area contributed by atoms with Crippen LogP contribution in [0.15, 0.2) is 54.5 Å². The monoisotopic (exact) mass is 406 g/mol. The fourth-order valence-corrected chi connectivity index (χ4v) is 3.31. The van der Waals surface area contributed by atoms with E-state index in [1.165, 1.54) is 6.08 Å². The molecule has 0 unspecified atom stereocenters. The molecule has 0 atom stereocenters. The predicted octanol–water partition coefficient (Wildman–Crippen LogP) is 1.72. The van der Waals surface area contributed by atoms with Gasteiger partial charge in [-0.15, -0.1) is 0 Å². The number of aliphatic hydroxyl groups excluding tert-OH is 1. The van der Waals surface area contributed by atoms with E-state index in [0.717, 1.165) is 34.1 Å². The van der Waals surface area contributed by atoms with Crippen LogP contribution in [0, 0.1) is 6.92 Å². The smallest absolute Gasteiger partial charge is 0.277 e. The van der Waals surface area contributed by atoms with Crippen molar-refractivity contribution in [2.24, 2.45) is 0 Å². The molecule has 0 saturated heterocycles. The first-order valence-corrected chi connectivity index (χ1v) is 9.66. The first kappa shape index (κ1) is 19.6. The molecule has 4 rings (SSSR count). The Bertz CT molecular complexity index is 1130. The quantitative estimate of drug-likeness (QED) is 0.579. The van der Waals surface area contributed by atoms with E-state index < -0.39 is 11.8 Å². The van der Waals surface area contributed by atoms with Crippen molar-refractivity contribution in [1.29, 1.82) is 0 Å². The number of benzene rings is 1. The lowest BCUT2D eigenvalue weighted by molar-refractivity contribution is -0.137. The molecule has 0 saturated carbocycles. The molecule has 9 heteroatoms. The van der Waals surface area contributed by atoms with Gasteiger partial charge in [-0.3, -0.25) is 19.2 Å². The van der Waals surface area contributed by atoms with Crippen LogP contribution in [-0.4, -0.2) is 54.5 Å². The number of aryl methyl sites for hydroxylation is 2. The van der Waals surface area contributed by atoms with Gasteiger partial charge in [0.15, 0.2) is 0 Å². The molecule has 2 N–H and O–H groups in total. The molecule has 1 aliphatic rings. The van der Waals surface area contributed by atoms with E-state index in [9.17, 15) is 9.59 Å². The SMILES string of the molecule is CCn1cc(-c2ccn(-c3ccc(NC4=CC(=O)N(CCO)C4=O)cc3)n2)c(C)n1. The second kappa shape index (κ2) is 7.96. The highest BCUT2D eigenvalue weighted by molar-refractivity contribution is 6.17. The molecule has 0 aliphatic carbocycles. The minimum atomic E-state index is -0.446. The number of aliphatic hydroxyl groups is 1. The Morgan fingerprint density at radius 2 is 1.87 bits per heavy atom. The lowest BCUT2D eigenvalue weighted by Gasteiger charge is -2.13. The first-order chi connectivity index (χ1) is 14.5. The maximum absolute atomic E-state index is 12.2. The third-order valence-corrected chi connectivity index (χ3v) is 4.88. The molecule has 0 fully saturated rings. The van der Waals surface area contributed by atoms with Crippen LogP contribution in [0.3, 0.4) is 0 Å². The third kappa shape index (κ3) is 3.62. The molecule has 1 aromatic carbocycles. The molecule has 0 bridgehead atoms. The summed E-state index contributed by atoms with van der Waals surface area (Å²) >= 11 is 0. The Morgan fingerprint density at radius 3 is 2.53 bits per heavy atom. The molecule has 3 aromatic rings. The van der Waals surface area contributed by atoms with Gasteiger partial charge in [0.1, 0.15) is 5.70 Å². The van der Waals surface area contributed by atoms with Crippen LogP contribution >= 0.6 is 0 Å². The number of nitrogens with zero attached hydrogens (tertiary/aromatic N) is 5. The molecule has 0 radical (unpaired) electrons. The molecule has 9 nitrogen and oxygen atoms in total. The standard InChI is InChI=1S/C21H22N6O3/c1-3-25-13-17(14(2)23-25)18-8-9-27(24-18)16-6-4-15(5-7-16)22-19-12-20(29)26(10-11-28)21(19)30/h4-9,12-13,22,28H,3,10-11H2,1-2H3. The summed E-state index contributed by atoms with van der Waals surface area (Å²) in [7, 11) is 0. The van der Waals surface area contributed by atoms with Gasteiger partial charge in [0.05, 0.1) is 30.2 Å². The Labute approximate surface area is 173 Å². The Morgan fingerprint density at radius 1 is 1.10 bits per heavy atom. The molecular weight excluding hydrogens is 384 g/mol. The van der Waals surface area contributed by atoms with Crippen LogP contribution in [-0.2, 0) is 16.1 Å². The molecule has 154 valence electrons. The molecule has 2 amide bonds. The van der Waals surface area contributed by atoms with Crippen molar-refractivity contribution in [3.8, 4) is 16.9 Å². The molecule has 1 aliphatic heterocycles. The summed E-state index contributed by atoms with van der Waals surface area (Å²) in [5.74, 6) is -0.878. The third-order valence-electron chi connectivity index (χ3n) is 4.88. The van der Waals surface area contributed by atoms with Gasteiger partial charge in [-0.2, -0.15) is 10.2 Å². The number of amides is 2. The summed E-state index contributed by atoms with van der Waals surface area (Å²) in [5, 5.41) is 21.0. The Hall–Kier alpha value is -3.72. The summed E-state index contributed by atoms with van der Waals surface area (Å²) in [5.41, 5.74) is 4.49. The van der Waals surface area contributed by atoms with Crippen molar-refractivity contribution in [3.63, 3.8) is 0 Å². The van der Waals surface area contributed by atoms with Crippen LogP contribution < -0.4 is 5.32 Å². The summed E-state index contributed by atoms with van der Waals surface area (Å²) in [6, 6.07) is 9.30. The number of hydrogen-bond acceptors (Lipinski definition) is 6. The maximum Gasteiger partial charge on any atom is 0.277 e. The van der Waals surface area contributed by atoms with Crippen molar-refractivity contribution in [3.05, 3.63) is 60.2 Å². The molecule has 30 heavy (non-hydrogen) atoms. The minimum absolute atomic E-state index is 0.0173. The van der Waals surface area contributed by atoms with Crippen molar-refractivity contribution in [1.82, 2.24) is 24.5 Å². The predicted molar refractivity (Wildman–Crippen MR) is 111 cm³/mol. The van der Waals surface area contributed by atoms with Gasteiger partial charge in [-0.25, -0.2) is 4.68 Å². The van der Waals surface area contributed by atoms with E-state index in [0.29, 0.717) is 5.69 Å². The topological polar surface area (TPSA) is 105 Å². The highest BCUT2D eigenvalue weighted by Gasteiger charge is 2.30. The van der Waals surface area contributed by atoms with Crippen LogP contribution in [0.5, 0.6) is 0 Å². The van der Waals surface area contributed by atoms with Crippen molar-refractivity contribution in [2.75, 3.05) is 18.5 Å². The number of β-amino-alcohol motifs (C(OH)–C–C–N with tert-alkyl or cyclic N) is 1. The Kier molecular flexibility index (Phi) is 5.20. The van der Waals surface area contributed by atoms with E-state index in [1.807, 2.05) is 61.3 Å². The molecule has 3 heterocycles. The zero-order valence-electron chi connectivity index (χ0n) is 16.7. The van der Waals surface area contributed by atoms with Crippen LogP contribution in [0.4, 0.5) is 5.69 Å². The van der Waals surface area contributed by atoms with Crippen LogP contribution in [0.25, 0.3) is 16.9 Å².